The SMILES string of the molecule is CCOCC12CCCNC1c1ccccc1C2. The number of fused-ring (bicyclic) bond motifs is 3. The second-order valence-electron chi connectivity index (χ2n) is 5.37. The molecule has 0 amide bonds. The quantitative estimate of drug-likeness (QED) is 0.863. The maximum absolute atomic E-state index is 5.77. The molecule has 1 saturated heterocycles. The van der Waals surface area contributed by atoms with Gasteiger partial charge >= 0.3 is 0 Å². The Morgan fingerprint density at radius 3 is 3.18 bits per heavy atom. The van der Waals surface area contributed by atoms with Gasteiger partial charge in [-0.05, 0) is 43.9 Å². The molecule has 0 bridgehead atoms. The van der Waals surface area contributed by atoms with E-state index in [1.807, 2.05) is 0 Å². The highest BCUT2D eigenvalue weighted by Crippen LogP contribution is 2.50. The molecule has 0 aromatic heterocycles. The van der Waals surface area contributed by atoms with E-state index in [0.29, 0.717) is 11.5 Å². The van der Waals surface area contributed by atoms with Crippen LogP contribution in [0.15, 0.2) is 24.3 Å². The van der Waals surface area contributed by atoms with Gasteiger partial charge in [0.05, 0.1) is 6.61 Å². The largest absolute Gasteiger partial charge is 0.381 e. The Kier molecular flexibility index (Phi) is 2.93. The van der Waals surface area contributed by atoms with Gasteiger partial charge in [0.1, 0.15) is 0 Å². The van der Waals surface area contributed by atoms with Crippen molar-refractivity contribution in [2.75, 3.05) is 19.8 Å². The average Bonchev–Trinajstić information content (AvgIpc) is 2.71. The molecule has 1 heterocycles. The van der Waals surface area contributed by atoms with E-state index in [0.717, 1.165) is 19.8 Å². The maximum Gasteiger partial charge on any atom is 0.0543 e. The second kappa shape index (κ2) is 4.43. The highest BCUT2D eigenvalue weighted by atomic mass is 16.5. The van der Waals surface area contributed by atoms with Crippen LogP contribution in [-0.4, -0.2) is 19.8 Å². The van der Waals surface area contributed by atoms with Crippen LogP contribution in [0.1, 0.15) is 36.9 Å². The molecule has 2 aliphatic rings. The summed E-state index contributed by atoms with van der Waals surface area (Å²) in [5.74, 6) is 0. The zero-order chi connectivity index (χ0) is 11.7. The van der Waals surface area contributed by atoms with E-state index in [-0.39, 0.29) is 0 Å². The number of nitrogens with one attached hydrogen (secondary N) is 1. The smallest absolute Gasteiger partial charge is 0.0543 e. The van der Waals surface area contributed by atoms with Crippen molar-refractivity contribution < 1.29 is 4.74 Å². The fraction of sp³-hybridized carbons (Fsp3) is 0.600. The summed E-state index contributed by atoms with van der Waals surface area (Å²) in [5, 5.41) is 3.71. The minimum atomic E-state index is 0.317. The topological polar surface area (TPSA) is 21.3 Å². The molecule has 1 aromatic rings. The van der Waals surface area contributed by atoms with E-state index in [2.05, 4.69) is 36.5 Å². The number of piperidine rings is 1. The van der Waals surface area contributed by atoms with Crippen molar-refractivity contribution in [1.82, 2.24) is 5.32 Å². The van der Waals surface area contributed by atoms with Crippen LogP contribution in [0.2, 0.25) is 0 Å². The van der Waals surface area contributed by atoms with E-state index in [1.54, 1.807) is 0 Å². The minimum Gasteiger partial charge on any atom is -0.381 e. The Bertz CT molecular complexity index is 404. The van der Waals surface area contributed by atoms with E-state index in [1.165, 1.54) is 30.4 Å². The van der Waals surface area contributed by atoms with Crippen LogP contribution in [0.3, 0.4) is 0 Å². The van der Waals surface area contributed by atoms with Gasteiger partial charge in [-0.1, -0.05) is 24.3 Å². The van der Waals surface area contributed by atoms with Crippen LogP contribution in [-0.2, 0) is 11.2 Å². The summed E-state index contributed by atoms with van der Waals surface area (Å²) in [7, 11) is 0. The molecular weight excluding hydrogens is 210 g/mol. The molecule has 2 nitrogen and oxygen atoms in total. The molecule has 2 atom stereocenters. The predicted octanol–water partition coefficient (Wildman–Crippen LogP) is 2.69. The summed E-state index contributed by atoms with van der Waals surface area (Å²) in [6.45, 7) is 4.96. The standard InChI is InChI=1S/C15H21NO/c1-2-17-11-15-8-5-9-16-14(15)13-7-4-3-6-12(13)10-15/h3-4,6-7,14,16H,2,5,8-11H2,1H3. The van der Waals surface area contributed by atoms with Crippen molar-refractivity contribution in [3.63, 3.8) is 0 Å². The Morgan fingerprint density at radius 2 is 2.29 bits per heavy atom. The molecule has 0 spiro atoms. The molecular formula is C15H21NO. The van der Waals surface area contributed by atoms with Gasteiger partial charge in [0.25, 0.3) is 0 Å². The fourth-order valence-electron chi connectivity index (χ4n) is 3.55. The van der Waals surface area contributed by atoms with Crippen molar-refractivity contribution in [2.24, 2.45) is 5.41 Å². The summed E-state index contributed by atoms with van der Waals surface area (Å²) in [6, 6.07) is 9.39. The number of benzene rings is 1. The average molecular weight is 231 g/mol. The van der Waals surface area contributed by atoms with Gasteiger partial charge < -0.3 is 10.1 Å². The van der Waals surface area contributed by atoms with E-state index in [9.17, 15) is 0 Å². The first-order valence-corrected chi connectivity index (χ1v) is 6.75. The van der Waals surface area contributed by atoms with Gasteiger partial charge in [-0.3, -0.25) is 0 Å². The summed E-state index contributed by atoms with van der Waals surface area (Å²) < 4.78 is 5.77. The Morgan fingerprint density at radius 1 is 1.41 bits per heavy atom. The number of ether oxygens (including phenoxy) is 1. The third kappa shape index (κ3) is 1.80. The third-order valence-electron chi connectivity index (χ3n) is 4.31. The summed E-state index contributed by atoms with van der Waals surface area (Å²) in [6.07, 6.45) is 3.75. The third-order valence-corrected chi connectivity index (χ3v) is 4.31. The molecule has 1 fully saturated rings. The fourth-order valence-corrected chi connectivity index (χ4v) is 3.55. The zero-order valence-electron chi connectivity index (χ0n) is 10.5. The van der Waals surface area contributed by atoms with E-state index in [4.69, 9.17) is 4.74 Å². The first-order chi connectivity index (χ1) is 8.36. The van der Waals surface area contributed by atoms with Crippen LogP contribution in [0.25, 0.3) is 0 Å². The maximum atomic E-state index is 5.77. The number of hydrogen-bond acceptors (Lipinski definition) is 2. The van der Waals surface area contributed by atoms with Crippen molar-refractivity contribution >= 4 is 0 Å². The molecule has 92 valence electrons. The molecule has 17 heavy (non-hydrogen) atoms. The highest BCUT2D eigenvalue weighted by Gasteiger charge is 2.47. The van der Waals surface area contributed by atoms with Crippen LogP contribution in [0, 0.1) is 5.41 Å². The second-order valence-corrected chi connectivity index (χ2v) is 5.37. The Hall–Kier alpha value is -0.860. The van der Waals surface area contributed by atoms with Gasteiger partial charge in [0.15, 0.2) is 0 Å². The lowest BCUT2D eigenvalue weighted by atomic mass is 9.75. The lowest BCUT2D eigenvalue weighted by Crippen LogP contribution is -2.44. The van der Waals surface area contributed by atoms with Crippen molar-refractivity contribution in [2.45, 2.75) is 32.2 Å². The number of rotatable bonds is 3. The van der Waals surface area contributed by atoms with Crippen molar-refractivity contribution in [3.05, 3.63) is 35.4 Å². The van der Waals surface area contributed by atoms with Crippen LogP contribution in [0.5, 0.6) is 0 Å². The van der Waals surface area contributed by atoms with Gasteiger partial charge in [-0.2, -0.15) is 0 Å². The predicted molar refractivity (Wildman–Crippen MR) is 69.0 cm³/mol. The minimum absolute atomic E-state index is 0.317. The molecule has 1 aliphatic carbocycles. The lowest BCUT2D eigenvalue weighted by Gasteiger charge is -2.40. The van der Waals surface area contributed by atoms with Gasteiger partial charge in [-0.15, -0.1) is 0 Å². The van der Waals surface area contributed by atoms with Crippen LogP contribution < -0.4 is 5.32 Å². The van der Waals surface area contributed by atoms with Gasteiger partial charge in [0.2, 0.25) is 0 Å². The summed E-state index contributed by atoms with van der Waals surface area (Å²) >= 11 is 0. The molecule has 1 N–H and O–H groups in total. The van der Waals surface area contributed by atoms with Crippen molar-refractivity contribution in [3.8, 4) is 0 Å². The zero-order valence-corrected chi connectivity index (χ0v) is 10.5. The molecule has 2 unspecified atom stereocenters. The Balaban J connectivity index is 1.93. The first kappa shape index (κ1) is 11.2. The van der Waals surface area contributed by atoms with Gasteiger partial charge in [0, 0.05) is 18.1 Å². The van der Waals surface area contributed by atoms with E-state index >= 15 is 0 Å². The Labute approximate surface area is 103 Å². The highest BCUT2D eigenvalue weighted by molar-refractivity contribution is 5.38. The lowest BCUT2D eigenvalue weighted by molar-refractivity contribution is 0.0134. The van der Waals surface area contributed by atoms with Crippen LogP contribution >= 0.6 is 0 Å². The molecule has 1 aliphatic heterocycles. The first-order valence-electron chi connectivity index (χ1n) is 6.75. The monoisotopic (exact) mass is 231 g/mol. The summed E-state index contributed by atoms with van der Waals surface area (Å²) in [5.41, 5.74) is 3.34. The molecule has 1 aromatic carbocycles. The summed E-state index contributed by atoms with van der Waals surface area (Å²) in [4.78, 5) is 0. The van der Waals surface area contributed by atoms with E-state index < -0.39 is 0 Å². The van der Waals surface area contributed by atoms with Crippen LogP contribution in [0.4, 0.5) is 0 Å². The molecule has 0 radical (unpaired) electrons. The molecule has 3 rings (SSSR count). The van der Waals surface area contributed by atoms with Gasteiger partial charge in [-0.25, -0.2) is 0 Å². The molecule has 2 heteroatoms. The number of hydrogen-bond donors (Lipinski definition) is 1. The normalized spacial score (nSPS) is 31.0. The van der Waals surface area contributed by atoms with Crippen molar-refractivity contribution in [1.29, 1.82) is 0 Å². The molecule has 0 saturated carbocycles.